The Balaban J connectivity index is 0.738. The Kier molecular flexibility index (Phi) is 44.8. The molecule has 6 aromatic rings. The topological polar surface area (TPSA) is 638 Å². The van der Waals surface area contributed by atoms with Crippen LogP contribution in [-0.4, -0.2) is 412 Å². The van der Waals surface area contributed by atoms with Gasteiger partial charge in [-0.05, 0) is 110 Å². The molecule has 0 saturated carbocycles. The number of hydrogen-bond acceptors (Lipinski definition) is 30. The van der Waals surface area contributed by atoms with Crippen LogP contribution in [0.4, 0.5) is 11.4 Å². The molecule has 48 heteroatoms. The summed E-state index contributed by atoms with van der Waals surface area (Å²) in [5, 5.41) is 86.8. The summed E-state index contributed by atoms with van der Waals surface area (Å²) in [4.78, 5) is 237. The second-order valence-electron chi connectivity index (χ2n) is 33.6. The second-order valence-corrected chi connectivity index (χ2v) is 33.6. The average Bonchev–Trinajstić information content (AvgIpc) is 1.65. The van der Waals surface area contributed by atoms with Crippen molar-refractivity contribution in [2.24, 2.45) is 0 Å². The maximum atomic E-state index is 14.4. The number of nitrogens with zero attached hydrogens (tertiary/aromatic N) is 10. The number of hydrogen-bond donors (Lipinski definition) is 16. The van der Waals surface area contributed by atoms with Gasteiger partial charge >= 0.3 is 41.8 Å². The lowest BCUT2D eigenvalue weighted by atomic mass is 10.1. The van der Waals surface area contributed by atoms with Crippen LogP contribution in [0.25, 0.3) is 22.1 Å². The Labute approximate surface area is 799 Å². The summed E-state index contributed by atoms with van der Waals surface area (Å²) in [7, 11) is 3.30. The number of aromatic amines is 2. The summed E-state index contributed by atoms with van der Waals surface area (Å²) in [6.07, 6.45) is -3.51. The molecule has 0 radical (unpaired) electrons. The summed E-state index contributed by atoms with van der Waals surface area (Å²) < 4.78 is 34.2. The molecule has 0 aliphatic carbocycles. The van der Waals surface area contributed by atoms with Gasteiger partial charge in [0.2, 0.25) is 41.4 Å². The Morgan fingerprint density at radius 3 is 1.17 bits per heavy atom. The number of aliphatic carboxylic acids is 7. The highest BCUT2D eigenvalue weighted by molar-refractivity contribution is 5.98. The van der Waals surface area contributed by atoms with Crippen molar-refractivity contribution in [3.63, 3.8) is 0 Å². The van der Waals surface area contributed by atoms with E-state index < -0.39 is 191 Å². The quantitative estimate of drug-likeness (QED) is 0.0173. The first-order valence-electron chi connectivity index (χ1n) is 45.8. The zero-order valence-electron chi connectivity index (χ0n) is 77.8. The zero-order chi connectivity index (χ0) is 100. The normalized spacial score (nSPS) is 15.9. The number of amides is 9. The molecule has 4 aromatic carbocycles. The fourth-order valence-electron chi connectivity index (χ4n) is 15.6. The average molecular weight is 1950 g/mol. The highest BCUT2D eigenvalue weighted by atomic mass is 16.6. The monoisotopic (exact) mass is 1950 g/mol. The van der Waals surface area contributed by atoms with Crippen LogP contribution in [0, 0.1) is 0 Å². The Morgan fingerprint density at radius 1 is 0.410 bits per heavy atom. The first-order chi connectivity index (χ1) is 66.7. The number of ether oxygens (including phenoxy) is 6. The van der Waals surface area contributed by atoms with E-state index in [1.807, 2.05) is 48.5 Å². The SMILES string of the molecule is CN(Cc1nc2ccccc2[nH]1)C(=O)c1ccc2c(c1)CN(CCCOCCOCCOCCCNC(=O)[C@H](CCC(=O)NCOCCOCCOCCCN1Cc3cc(C(=O)N(C)Cc4nc5ccccc5[nH]4)ccc3N[C@@H](CC(=O)O)C1=O)NC(=O)[C@H](CCC(=O)O)NC(=O)[C@H](CCC(=O)O)NC(=O)CN1CCN(CC(=O)O)CCN(CC(=O)O)CCN(CC(=O)O)CC1)C(=O)C(CC(=O)O)N2. The minimum atomic E-state index is -1.78. The van der Waals surface area contributed by atoms with Crippen LogP contribution in [0.1, 0.15) is 114 Å². The van der Waals surface area contributed by atoms with Crippen LogP contribution in [0.2, 0.25) is 0 Å². The van der Waals surface area contributed by atoms with Gasteiger partial charge in [-0.25, -0.2) is 9.97 Å². The summed E-state index contributed by atoms with van der Waals surface area (Å²) in [5.74, 6) is -13.7. The predicted molar refractivity (Wildman–Crippen MR) is 494 cm³/mol. The van der Waals surface area contributed by atoms with Crippen molar-refractivity contribution in [3.05, 3.63) is 119 Å². The number of aromatic nitrogens is 4. The number of para-hydroxylation sites is 4. The molecule has 9 rings (SSSR count). The van der Waals surface area contributed by atoms with Crippen molar-refractivity contribution in [1.82, 2.24) is 85.7 Å². The van der Waals surface area contributed by atoms with Gasteiger partial charge in [0.25, 0.3) is 11.8 Å². The molecule has 5 heterocycles. The minimum Gasteiger partial charge on any atom is -0.481 e. The van der Waals surface area contributed by atoms with E-state index in [0.717, 1.165) is 22.1 Å². The molecule has 3 aliphatic heterocycles. The van der Waals surface area contributed by atoms with Gasteiger partial charge in [-0.15, -0.1) is 0 Å². The predicted octanol–water partition coefficient (Wildman–Crippen LogP) is -0.222. The molecule has 758 valence electrons. The van der Waals surface area contributed by atoms with Gasteiger partial charge in [0.15, 0.2) is 0 Å². The van der Waals surface area contributed by atoms with Crippen LogP contribution in [-0.2, 0) is 122 Å². The minimum absolute atomic E-state index is 0.0105. The fraction of sp³-hybridized carbons (Fsp3) is 0.538. The van der Waals surface area contributed by atoms with Gasteiger partial charge in [0.1, 0.15) is 48.6 Å². The Hall–Kier alpha value is -13.5. The van der Waals surface area contributed by atoms with Gasteiger partial charge in [-0.2, -0.15) is 0 Å². The molecule has 2 aromatic heterocycles. The van der Waals surface area contributed by atoms with Crippen molar-refractivity contribution in [3.8, 4) is 0 Å². The zero-order valence-corrected chi connectivity index (χ0v) is 77.8. The third kappa shape index (κ3) is 38.1. The molecule has 1 fully saturated rings. The number of carbonyl (C=O) groups is 16. The number of nitrogens with one attached hydrogen (secondary N) is 9. The number of carboxylic acids is 7. The third-order valence-corrected chi connectivity index (χ3v) is 22.7. The van der Waals surface area contributed by atoms with Crippen LogP contribution < -0.4 is 37.2 Å². The molecule has 48 nitrogen and oxygen atoms in total. The molecule has 9 amide bonds. The summed E-state index contributed by atoms with van der Waals surface area (Å²) >= 11 is 0. The van der Waals surface area contributed by atoms with Crippen molar-refractivity contribution < 1.29 is 141 Å². The molecule has 1 unspecified atom stereocenters. The molecule has 139 heavy (non-hydrogen) atoms. The smallest absolute Gasteiger partial charge is 0.317 e. The van der Waals surface area contributed by atoms with Crippen LogP contribution in [0.5, 0.6) is 0 Å². The van der Waals surface area contributed by atoms with Crippen molar-refractivity contribution in [2.75, 3.05) is 202 Å². The van der Waals surface area contributed by atoms with Crippen molar-refractivity contribution >= 4 is 128 Å². The van der Waals surface area contributed by atoms with Gasteiger partial charge in [-0.1, -0.05) is 24.3 Å². The summed E-state index contributed by atoms with van der Waals surface area (Å²) in [6.45, 7) is 0.301. The number of carbonyl (C=O) groups excluding carboxylic acids is 9. The van der Waals surface area contributed by atoms with Gasteiger partial charge < -0.3 is 131 Å². The van der Waals surface area contributed by atoms with E-state index in [9.17, 15) is 112 Å². The highest BCUT2D eigenvalue weighted by Gasteiger charge is 2.36. The summed E-state index contributed by atoms with van der Waals surface area (Å²) in [6, 6.07) is 17.7. The lowest BCUT2D eigenvalue weighted by Crippen LogP contribution is -2.57. The maximum Gasteiger partial charge on any atom is 0.317 e. The van der Waals surface area contributed by atoms with Crippen LogP contribution in [0.15, 0.2) is 84.9 Å². The lowest BCUT2D eigenvalue weighted by Gasteiger charge is -2.33. The molecule has 5 atom stereocenters. The number of fused-ring (bicyclic) bond motifs is 4. The summed E-state index contributed by atoms with van der Waals surface area (Å²) in [5.41, 5.74) is 6.14. The fourth-order valence-corrected chi connectivity index (χ4v) is 15.6. The second kappa shape index (κ2) is 57.0. The number of H-pyrrole nitrogens is 2. The molecule has 0 bridgehead atoms. The van der Waals surface area contributed by atoms with E-state index in [1.54, 1.807) is 55.4 Å². The van der Waals surface area contributed by atoms with E-state index >= 15 is 0 Å². The molecular weight excluding hydrogens is 1820 g/mol. The largest absolute Gasteiger partial charge is 0.481 e. The molecule has 3 aliphatic rings. The van der Waals surface area contributed by atoms with Crippen molar-refractivity contribution in [1.29, 1.82) is 0 Å². The van der Waals surface area contributed by atoms with Gasteiger partial charge in [0.05, 0.1) is 127 Å². The van der Waals surface area contributed by atoms with E-state index in [1.165, 1.54) is 34.3 Å². The standard InChI is InChI=1S/C91H125N19O29/c1-103(52-74-96-65-10-3-4-11-66(65)97-74)88(130)59-14-16-63-61(46-59)50-109(90(132)72(94-63)48-80(117)118)25-8-36-135-39-42-137-41-38-134-35-7-24-92-85(127)69(101-87(129)71(20-23-79(115)116)102-86(128)70(19-22-78(113)114)100-77(112)54-105-27-29-106(55-82(121)122)31-33-108(57-84(125)126)34-32-107(30-28-105)56-83(123)124)18-21-76(111)93-58-139-45-44-138-43-40-136-37-9-26-110-51-62-47-60(15-17-64(62)95-73(91(110)133)49-81(119)120)89(131)104(2)53-75-98-67-12-5-6-13-68(67)99-75/h3-6,10-17,46-47,69-73,94-95H,7-9,18-45,48-58H2,1-2H3,(H,92,127)(H,93,111)(H,96,97)(H,98,99)(H,100,112)(H,101,129)(H,102,128)(H,113,114)(H,115,116)(H,117,118)(H,119,120)(H,121,122)(H,123,124)(H,125,126)/t69-,70-,71-,72?,73-/m0/s1. The highest BCUT2D eigenvalue weighted by Crippen LogP contribution is 2.30. The number of benzene rings is 4. The van der Waals surface area contributed by atoms with Crippen LogP contribution in [0.3, 0.4) is 0 Å². The van der Waals surface area contributed by atoms with E-state index in [2.05, 4.69) is 57.2 Å². The number of carboxylic acid groups (broad SMARTS) is 7. The first-order valence-corrected chi connectivity index (χ1v) is 45.8. The van der Waals surface area contributed by atoms with Gasteiger partial charge in [-0.3, -0.25) is 96.3 Å². The van der Waals surface area contributed by atoms with E-state index in [4.69, 9.17) is 28.4 Å². The van der Waals surface area contributed by atoms with Crippen molar-refractivity contribution in [2.45, 2.75) is 127 Å². The Bertz CT molecular complexity index is 5080. The van der Waals surface area contributed by atoms with Gasteiger partial charge in [0, 0.05) is 161 Å². The molecule has 1 saturated heterocycles. The molecule has 0 spiro atoms. The molecule has 16 N–H and O–H groups in total. The van der Waals surface area contributed by atoms with E-state index in [-0.39, 0.29) is 196 Å². The maximum absolute atomic E-state index is 14.4. The Morgan fingerprint density at radius 2 is 0.777 bits per heavy atom. The van der Waals surface area contributed by atoms with E-state index in [0.29, 0.717) is 58.1 Å². The third-order valence-electron chi connectivity index (χ3n) is 22.7. The number of imidazole rings is 2. The number of rotatable bonds is 59. The molecular formula is C91H125N19O29. The number of anilines is 2. The first kappa shape index (κ1) is 109. The van der Waals surface area contributed by atoms with Crippen LogP contribution >= 0.6 is 0 Å². The lowest BCUT2D eigenvalue weighted by molar-refractivity contribution is -0.141.